The minimum absolute atomic E-state index is 0.0752. The van der Waals surface area contributed by atoms with Crippen molar-refractivity contribution in [3.05, 3.63) is 22.5 Å². The number of thiazole rings is 1. The molecule has 0 aromatic carbocycles. The first-order chi connectivity index (χ1) is 9.29. The van der Waals surface area contributed by atoms with Gasteiger partial charge in [0.05, 0.1) is 15.6 Å². The van der Waals surface area contributed by atoms with Crippen LogP contribution in [0.15, 0.2) is 21.7 Å². The lowest BCUT2D eigenvalue weighted by Gasteiger charge is -2.08. The first-order valence-electron chi connectivity index (χ1n) is 5.57. The van der Waals surface area contributed by atoms with Gasteiger partial charge in [0.25, 0.3) is 10.0 Å². The third kappa shape index (κ3) is 3.23. The van der Waals surface area contributed by atoms with Crippen molar-refractivity contribution in [3.8, 4) is 10.6 Å². The van der Waals surface area contributed by atoms with E-state index in [4.69, 9.17) is 5.11 Å². The lowest BCUT2D eigenvalue weighted by molar-refractivity contribution is -0.138. The number of thiophene rings is 1. The second-order valence-electron chi connectivity index (χ2n) is 4.05. The largest absolute Gasteiger partial charge is 0.480 e. The minimum Gasteiger partial charge on any atom is -0.480 e. The normalized spacial score (nSPS) is 13.3. The van der Waals surface area contributed by atoms with E-state index < -0.39 is 22.0 Å². The van der Waals surface area contributed by atoms with Crippen LogP contribution in [0.4, 0.5) is 0 Å². The second-order valence-corrected chi connectivity index (χ2v) is 8.14. The van der Waals surface area contributed by atoms with Gasteiger partial charge in [0.15, 0.2) is 0 Å². The van der Waals surface area contributed by atoms with Gasteiger partial charge in [-0.3, -0.25) is 4.79 Å². The first kappa shape index (κ1) is 15.1. The number of carboxylic acids is 1. The van der Waals surface area contributed by atoms with E-state index in [0.717, 1.165) is 26.9 Å². The molecule has 20 heavy (non-hydrogen) atoms. The molecular formula is C11H12N2O4S3. The molecule has 0 saturated heterocycles. The number of rotatable bonds is 5. The second kappa shape index (κ2) is 5.60. The summed E-state index contributed by atoms with van der Waals surface area (Å²) >= 11 is 2.54. The summed E-state index contributed by atoms with van der Waals surface area (Å²) in [6, 6.07) is 1.94. The molecule has 0 radical (unpaired) electrons. The number of aliphatic carboxylic acids is 1. The van der Waals surface area contributed by atoms with Gasteiger partial charge in [-0.1, -0.05) is 0 Å². The summed E-state index contributed by atoms with van der Waals surface area (Å²) < 4.78 is 26.2. The van der Waals surface area contributed by atoms with Crippen molar-refractivity contribution in [1.82, 2.24) is 9.71 Å². The van der Waals surface area contributed by atoms with Crippen LogP contribution in [-0.2, 0) is 14.8 Å². The molecular weight excluding hydrogens is 320 g/mol. The molecule has 108 valence electrons. The maximum atomic E-state index is 12.0. The Hall–Kier alpha value is -1.29. The Morgan fingerprint density at radius 2 is 2.15 bits per heavy atom. The molecule has 0 amide bonds. The van der Waals surface area contributed by atoms with Gasteiger partial charge in [-0.15, -0.1) is 22.7 Å². The Morgan fingerprint density at radius 3 is 2.70 bits per heavy atom. The van der Waals surface area contributed by atoms with Crippen molar-refractivity contribution in [2.24, 2.45) is 0 Å². The topological polar surface area (TPSA) is 96.4 Å². The Labute approximate surface area is 124 Å². The smallest absolute Gasteiger partial charge is 0.321 e. The molecule has 0 spiro atoms. The van der Waals surface area contributed by atoms with Crippen molar-refractivity contribution >= 4 is 38.7 Å². The molecule has 9 heteroatoms. The molecule has 0 aliphatic carbocycles. The van der Waals surface area contributed by atoms with E-state index in [1.807, 2.05) is 12.3 Å². The van der Waals surface area contributed by atoms with Gasteiger partial charge in [-0.2, -0.15) is 4.72 Å². The van der Waals surface area contributed by atoms with Gasteiger partial charge in [0.1, 0.15) is 10.3 Å². The maximum Gasteiger partial charge on any atom is 0.321 e. The number of sulfonamides is 1. The van der Waals surface area contributed by atoms with Crippen LogP contribution in [0.3, 0.4) is 0 Å². The van der Waals surface area contributed by atoms with Crippen LogP contribution in [0.25, 0.3) is 10.6 Å². The summed E-state index contributed by atoms with van der Waals surface area (Å²) in [5, 5.41) is 11.5. The zero-order valence-corrected chi connectivity index (χ0v) is 13.1. The lowest BCUT2D eigenvalue weighted by atomic mass is 10.4. The Balaban J connectivity index is 2.26. The highest BCUT2D eigenvalue weighted by atomic mass is 32.2. The molecule has 0 aliphatic heterocycles. The zero-order valence-electron chi connectivity index (χ0n) is 10.7. The number of hydrogen-bond donors (Lipinski definition) is 2. The molecule has 0 bridgehead atoms. The Kier molecular flexibility index (Phi) is 4.23. The molecule has 2 rings (SSSR count). The molecule has 2 aromatic heterocycles. The fourth-order valence-electron chi connectivity index (χ4n) is 1.42. The van der Waals surface area contributed by atoms with Crippen molar-refractivity contribution in [1.29, 1.82) is 0 Å². The third-order valence-electron chi connectivity index (χ3n) is 2.42. The molecule has 0 aliphatic rings. The molecule has 0 unspecified atom stereocenters. The van der Waals surface area contributed by atoms with Gasteiger partial charge >= 0.3 is 5.97 Å². The average molecular weight is 332 g/mol. The van der Waals surface area contributed by atoms with Gasteiger partial charge in [-0.05, 0) is 26.0 Å². The van der Waals surface area contributed by atoms with Crippen LogP contribution < -0.4 is 4.72 Å². The highest BCUT2D eigenvalue weighted by Gasteiger charge is 2.23. The van der Waals surface area contributed by atoms with Gasteiger partial charge in [0.2, 0.25) is 0 Å². The Bertz CT molecular complexity index is 732. The molecule has 0 fully saturated rings. The Morgan fingerprint density at radius 1 is 1.45 bits per heavy atom. The lowest BCUT2D eigenvalue weighted by Crippen LogP contribution is -2.37. The number of aromatic nitrogens is 1. The monoisotopic (exact) mass is 332 g/mol. The number of aryl methyl sites for hydroxylation is 1. The predicted octanol–water partition coefficient (Wildman–Crippen LogP) is 1.93. The third-order valence-corrected chi connectivity index (χ3v) is 6.33. The summed E-state index contributed by atoms with van der Waals surface area (Å²) in [5.41, 5.74) is 0.727. The average Bonchev–Trinajstić information content (AvgIpc) is 2.96. The van der Waals surface area contributed by atoms with E-state index in [1.165, 1.54) is 24.3 Å². The van der Waals surface area contributed by atoms with E-state index in [9.17, 15) is 13.2 Å². The van der Waals surface area contributed by atoms with Crippen molar-refractivity contribution in [2.45, 2.75) is 24.1 Å². The summed E-state index contributed by atoms with van der Waals surface area (Å²) in [4.78, 5) is 15.7. The van der Waals surface area contributed by atoms with E-state index in [-0.39, 0.29) is 4.21 Å². The van der Waals surface area contributed by atoms with Crippen LogP contribution in [0, 0.1) is 6.92 Å². The van der Waals surface area contributed by atoms with E-state index in [0.29, 0.717) is 0 Å². The number of hydrogen-bond acceptors (Lipinski definition) is 6. The van der Waals surface area contributed by atoms with E-state index >= 15 is 0 Å². The fourth-order valence-corrected chi connectivity index (χ4v) is 4.59. The number of nitrogens with one attached hydrogen (secondary N) is 1. The highest BCUT2D eigenvalue weighted by Crippen LogP contribution is 2.31. The first-order valence-corrected chi connectivity index (χ1v) is 8.75. The van der Waals surface area contributed by atoms with Gasteiger partial charge in [0, 0.05) is 5.38 Å². The molecule has 1 atom stereocenters. The van der Waals surface area contributed by atoms with E-state index in [1.54, 1.807) is 6.07 Å². The van der Waals surface area contributed by atoms with Crippen molar-refractivity contribution < 1.29 is 18.3 Å². The number of nitrogens with zero attached hydrogens (tertiary/aromatic N) is 1. The van der Waals surface area contributed by atoms with Crippen molar-refractivity contribution in [3.63, 3.8) is 0 Å². The van der Waals surface area contributed by atoms with Crippen LogP contribution in [0.2, 0.25) is 0 Å². The maximum absolute atomic E-state index is 12.0. The standard InChI is InChI=1S/C11H12N2O4S3/c1-6(11(14)15)13-20(16,17)10-4-3-9(19-10)8-5-18-7(2)12-8/h3-6,13H,1-2H3,(H,14,15)/t6-/m0/s1. The van der Waals surface area contributed by atoms with Gasteiger partial charge in [-0.25, -0.2) is 13.4 Å². The molecule has 0 saturated carbocycles. The molecule has 6 nitrogen and oxygen atoms in total. The molecule has 2 N–H and O–H groups in total. The minimum atomic E-state index is -3.82. The summed E-state index contributed by atoms with van der Waals surface area (Å²) in [6.07, 6.45) is 0. The summed E-state index contributed by atoms with van der Waals surface area (Å²) in [6.45, 7) is 3.15. The number of carbonyl (C=O) groups is 1. The number of carboxylic acid groups (broad SMARTS) is 1. The van der Waals surface area contributed by atoms with Crippen LogP contribution in [0.1, 0.15) is 11.9 Å². The highest BCUT2D eigenvalue weighted by molar-refractivity contribution is 7.91. The van der Waals surface area contributed by atoms with Crippen molar-refractivity contribution in [2.75, 3.05) is 0 Å². The van der Waals surface area contributed by atoms with Gasteiger partial charge < -0.3 is 5.11 Å². The zero-order chi connectivity index (χ0) is 14.9. The van der Waals surface area contributed by atoms with Crippen LogP contribution in [-0.4, -0.2) is 30.5 Å². The summed E-state index contributed by atoms with van der Waals surface area (Å²) in [5.74, 6) is -1.22. The van der Waals surface area contributed by atoms with E-state index in [2.05, 4.69) is 9.71 Å². The summed E-state index contributed by atoms with van der Waals surface area (Å²) in [7, 11) is -3.82. The molecule has 2 aromatic rings. The SMILES string of the molecule is Cc1nc(-c2ccc(S(=O)(=O)N[C@@H](C)C(=O)O)s2)cs1. The molecule has 2 heterocycles. The predicted molar refractivity (Wildman–Crippen MR) is 77.6 cm³/mol. The quantitative estimate of drug-likeness (QED) is 0.872. The van der Waals surface area contributed by atoms with Crippen LogP contribution >= 0.6 is 22.7 Å². The fraction of sp³-hybridized carbons (Fsp3) is 0.273. The van der Waals surface area contributed by atoms with Crippen LogP contribution in [0.5, 0.6) is 0 Å².